The fourth-order valence-electron chi connectivity index (χ4n) is 6.17. The summed E-state index contributed by atoms with van der Waals surface area (Å²) in [5.41, 5.74) is -2.32. The van der Waals surface area contributed by atoms with Crippen LogP contribution in [0.5, 0.6) is 0 Å². The number of carbonyl (C=O) groups excluding carboxylic acids is 3. The number of aliphatic hydroxyl groups excluding tert-OH is 1. The number of cyclic esters (lactones) is 1. The third-order valence-corrected chi connectivity index (χ3v) is 7.74. The molecule has 5 aliphatic heterocycles. The smallest absolute Gasteiger partial charge is 0.313 e. The van der Waals surface area contributed by atoms with E-state index in [9.17, 15) is 19.5 Å². The molecule has 10 nitrogen and oxygen atoms in total. The topological polar surface area (TPSA) is 109 Å². The molecule has 0 saturated carbocycles. The lowest BCUT2D eigenvalue weighted by Crippen LogP contribution is -2.56. The van der Waals surface area contributed by atoms with Crippen LogP contribution < -0.4 is 0 Å². The third kappa shape index (κ3) is 3.67. The molecule has 3 saturated heterocycles. The zero-order chi connectivity index (χ0) is 23.9. The van der Waals surface area contributed by atoms with Crippen LogP contribution in [0.2, 0.25) is 0 Å². The molecule has 0 aliphatic carbocycles. The molecule has 5 aliphatic rings. The summed E-state index contributed by atoms with van der Waals surface area (Å²) in [5, 5.41) is 9.44. The zero-order valence-corrected chi connectivity index (χ0v) is 19.6. The van der Waals surface area contributed by atoms with E-state index in [0.29, 0.717) is 39.3 Å². The van der Waals surface area contributed by atoms with E-state index >= 15 is 0 Å². The Bertz CT molecular complexity index is 901. The van der Waals surface area contributed by atoms with Crippen LogP contribution >= 0.6 is 0 Å². The molecule has 0 aromatic heterocycles. The van der Waals surface area contributed by atoms with Crippen molar-refractivity contribution in [3.8, 4) is 0 Å². The van der Waals surface area contributed by atoms with Crippen molar-refractivity contribution in [3.63, 3.8) is 0 Å². The molecule has 1 spiro atoms. The van der Waals surface area contributed by atoms with Crippen molar-refractivity contribution in [3.05, 3.63) is 24.3 Å². The van der Waals surface area contributed by atoms with Gasteiger partial charge in [-0.3, -0.25) is 19.3 Å². The van der Waals surface area contributed by atoms with Gasteiger partial charge in [-0.15, -0.1) is 0 Å². The van der Waals surface area contributed by atoms with Crippen LogP contribution in [0.15, 0.2) is 24.3 Å². The molecular weight excluding hydrogens is 442 g/mol. The van der Waals surface area contributed by atoms with E-state index in [1.54, 1.807) is 24.0 Å². The maximum absolute atomic E-state index is 14.0. The summed E-state index contributed by atoms with van der Waals surface area (Å²) in [5.74, 6) is -2.69. The van der Waals surface area contributed by atoms with E-state index in [1.165, 1.54) is 4.90 Å². The molecule has 186 valence electrons. The Balaban J connectivity index is 1.48. The van der Waals surface area contributed by atoms with Crippen molar-refractivity contribution in [1.29, 1.82) is 0 Å². The summed E-state index contributed by atoms with van der Waals surface area (Å²) < 4.78 is 17.4. The lowest BCUT2D eigenvalue weighted by Gasteiger charge is -2.37. The maximum atomic E-state index is 14.0. The van der Waals surface area contributed by atoms with Gasteiger partial charge in [0.1, 0.15) is 24.2 Å². The van der Waals surface area contributed by atoms with Crippen molar-refractivity contribution in [2.75, 3.05) is 65.7 Å². The summed E-state index contributed by atoms with van der Waals surface area (Å²) in [6, 6.07) is -0.898. The molecule has 2 amide bonds. The molecule has 5 rings (SSSR count). The molecule has 1 N–H and O–H groups in total. The molecule has 0 bridgehead atoms. The minimum atomic E-state index is -1.27. The molecule has 0 aromatic carbocycles. The van der Waals surface area contributed by atoms with Crippen molar-refractivity contribution < 1.29 is 33.7 Å². The highest BCUT2D eigenvalue weighted by Crippen LogP contribution is 2.57. The molecule has 1 unspecified atom stereocenters. The second kappa shape index (κ2) is 9.07. The van der Waals surface area contributed by atoms with Gasteiger partial charge in [-0.05, 0) is 19.4 Å². The van der Waals surface area contributed by atoms with Gasteiger partial charge in [0, 0.05) is 45.9 Å². The normalized spacial score (nSPS) is 37.8. The van der Waals surface area contributed by atoms with Gasteiger partial charge in [-0.1, -0.05) is 18.2 Å². The Morgan fingerprint density at radius 2 is 1.82 bits per heavy atom. The number of fused-ring (bicyclic) bond motifs is 2. The first-order valence-electron chi connectivity index (χ1n) is 12.1. The lowest BCUT2D eigenvalue weighted by molar-refractivity contribution is -0.158. The first-order valence-corrected chi connectivity index (χ1v) is 12.1. The van der Waals surface area contributed by atoms with Crippen LogP contribution in [0.3, 0.4) is 0 Å². The molecule has 10 heteroatoms. The Hall–Kier alpha value is -2.27. The molecule has 34 heavy (non-hydrogen) atoms. The number of aliphatic hydroxyl groups is 1. The number of hydrogen-bond acceptors (Lipinski definition) is 8. The van der Waals surface area contributed by atoms with Crippen LogP contribution in [0.25, 0.3) is 0 Å². The standard InChI is InChI=1S/C24H33N3O7/c1-23-5-3-14-33-22(31)18(23)17-20(29)27(8-4-13-28)19-21(30)26(7-2-6-24(17,19)34-23)10-9-25-11-15-32-16-12-25/h2-3,5-6,17-19,28H,4,7-16H2,1H3/t17-,18+,19?,23-,24-/m0/s1. The van der Waals surface area contributed by atoms with Crippen LogP contribution in [0.4, 0.5) is 0 Å². The number of esters is 1. The highest BCUT2D eigenvalue weighted by molar-refractivity contribution is 5.99. The number of ether oxygens (including phenoxy) is 3. The first kappa shape index (κ1) is 23.5. The van der Waals surface area contributed by atoms with Crippen molar-refractivity contribution in [2.45, 2.75) is 30.6 Å². The second-order valence-electron chi connectivity index (χ2n) is 9.78. The first-order chi connectivity index (χ1) is 16.4. The van der Waals surface area contributed by atoms with E-state index in [-0.39, 0.29) is 31.6 Å². The number of nitrogens with zero attached hydrogens (tertiary/aromatic N) is 3. The van der Waals surface area contributed by atoms with Gasteiger partial charge < -0.3 is 29.1 Å². The van der Waals surface area contributed by atoms with E-state index in [2.05, 4.69) is 4.90 Å². The van der Waals surface area contributed by atoms with Crippen molar-refractivity contribution >= 4 is 17.8 Å². The highest BCUT2D eigenvalue weighted by atomic mass is 16.6. The summed E-state index contributed by atoms with van der Waals surface area (Å²) in [4.78, 5) is 46.3. The number of amides is 2. The lowest BCUT2D eigenvalue weighted by atomic mass is 9.75. The Kier molecular flexibility index (Phi) is 6.26. The molecule has 0 radical (unpaired) electrons. The van der Waals surface area contributed by atoms with Gasteiger partial charge in [0.25, 0.3) is 0 Å². The Morgan fingerprint density at radius 1 is 1.03 bits per heavy atom. The minimum absolute atomic E-state index is 0.105. The predicted octanol–water partition coefficient (Wildman–Crippen LogP) is -0.817. The largest absolute Gasteiger partial charge is 0.461 e. The summed E-state index contributed by atoms with van der Waals surface area (Å²) in [6.07, 6.45) is 7.57. The zero-order valence-electron chi connectivity index (χ0n) is 19.6. The van der Waals surface area contributed by atoms with Crippen molar-refractivity contribution in [1.82, 2.24) is 14.7 Å². The number of hydrogen-bond donors (Lipinski definition) is 1. The van der Waals surface area contributed by atoms with E-state index in [0.717, 1.165) is 13.1 Å². The monoisotopic (exact) mass is 475 g/mol. The SMILES string of the molecule is C[C@]12C=CCOC(=O)[C@H]1[C@H]1C(=O)N(CCCO)C3C(=O)N(CCN4CCOCC4)CC=C[C@@]31O2. The fraction of sp³-hybridized carbons (Fsp3) is 0.708. The summed E-state index contributed by atoms with van der Waals surface area (Å²) in [6.45, 7) is 6.68. The van der Waals surface area contributed by atoms with Gasteiger partial charge in [0.05, 0.1) is 24.7 Å². The van der Waals surface area contributed by atoms with E-state index < -0.39 is 35.0 Å². The van der Waals surface area contributed by atoms with Gasteiger partial charge in [0.15, 0.2) is 0 Å². The van der Waals surface area contributed by atoms with Gasteiger partial charge in [-0.2, -0.15) is 0 Å². The average molecular weight is 476 g/mol. The number of likely N-dealkylation sites (tertiary alicyclic amines) is 1. The molecule has 3 fully saturated rings. The van der Waals surface area contributed by atoms with Crippen molar-refractivity contribution in [2.24, 2.45) is 11.8 Å². The summed E-state index contributed by atoms with van der Waals surface area (Å²) >= 11 is 0. The van der Waals surface area contributed by atoms with Gasteiger partial charge in [-0.25, -0.2) is 0 Å². The molecule has 5 atom stereocenters. The maximum Gasteiger partial charge on any atom is 0.313 e. The van der Waals surface area contributed by atoms with Gasteiger partial charge >= 0.3 is 5.97 Å². The quantitative estimate of drug-likeness (QED) is 0.392. The predicted molar refractivity (Wildman–Crippen MR) is 119 cm³/mol. The Morgan fingerprint density at radius 3 is 2.59 bits per heavy atom. The minimum Gasteiger partial charge on any atom is -0.461 e. The van der Waals surface area contributed by atoms with Crippen LogP contribution in [0.1, 0.15) is 13.3 Å². The second-order valence-corrected chi connectivity index (χ2v) is 9.78. The average Bonchev–Trinajstić information content (AvgIpc) is 3.08. The highest BCUT2D eigenvalue weighted by Gasteiger charge is 2.74. The molecule has 0 aromatic rings. The Labute approximate surface area is 199 Å². The van der Waals surface area contributed by atoms with E-state index in [1.807, 2.05) is 12.2 Å². The van der Waals surface area contributed by atoms with Crippen LogP contribution in [-0.4, -0.2) is 121 Å². The number of carbonyl (C=O) groups is 3. The number of rotatable bonds is 6. The summed E-state index contributed by atoms with van der Waals surface area (Å²) in [7, 11) is 0. The molecular formula is C24H33N3O7. The van der Waals surface area contributed by atoms with E-state index in [4.69, 9.17) is 14.2 Å². The third-order valence-electron chi connectivity index (χ3n) is 7.74. The van der Waals surface area contributed by atoms with Gasteiger partial charge in [0.2, 0.25) is 11.8 Å². The number of morpholine rings is 1. The van der Waals surface area contributed by atoms with Crippen LogP contribution in [-0.2, 0) is 28.6 Å². The molecule has 5 heterocycles. The van der Waals surface area contributed by atoms with Crippen LogP contribution in [0, 0.1) is 11.8 Å². The fourth-order valence-corrected chi connectivity index (χ4v) is 6.17.